The van der Waals surface area contributed by atoms with E-state index in [0.717, 1.165) is 41.7 Å². The van der Waals surface area contributed by atoms with Crippen LogP contribution < -0.4 is 0 Å². The van der Waals surface area contributed by atoms with Gasteiger partial charge >= 0.3 is 0 Å². The molecule has 2 heterocycles. The molecule has 0 bridgehead atoms. The van der Waals surface area contributed by atoms with Crippen molar-refractivity contribution in [1.82, 2.24) is 14.5 Å². The van der Waals surface area contributed by atoms with Gasteiger partial charge in [-0.05, 0) is 43.5 Å². The van der Waals surface area contributed by atoms with Gasteiger partial charge in [0, 0.05) is 24.2 Å². The summed E-state index contributed by atoms with van der Waals surface area (Å²) in [6.45, 7) is 1.19. The zero-order valence-corrected chi connectivity index (χ0v) is 15.8. The zero-order valence-electron chi connectivity index (χ0n) is 15.8. The van der Waals surface area contributed by atoms with E-state index in [1.54, 1.807) is 4.90 Å². The average Bonchev–Trinajstić information content (AvgIpc) is 3.12. The first-order chi connectivity index (χ1) is 13.7. The predicted molar refractivity (Wildman–Crippen MR) is 108 cm³/mol. The highest BCUT2D eigenvalue weighted by atomic mass is 16.3. The monoisotopic (exact) mass is 379 g/mol. The van der Waals surface area contributed by atoms with Gasteiger partial charge in [0.15, 0.2) is 0 Å². The van der Waals surface area contributed by atoms with E-state index in [2.05, 4.69) is 0 Å². The normalized spacial score (nSPS) is 17.2. The minimum absolute atomic E-state index is 0.00894. The fourth-order valence-electron chi connectivity index (χ4n) is 4.01. The number of likely N-dealkylation sites (tertiary alicyclic amines) is 1. The van der Waals surface area contributed by atoms with Gasteiger partial charge in [0.2, 0.25) is 0 Å². The first kappa shape index (κ1) is 18.7. The maximum Gasteiger partial charge on any atom is 0.254 e. The molecule has 6 heteroatoms. The van der Waals surface area contributed by atoms with Crippen molar-refractivity contribution in [3.63, 3.8) is 0 Å². The van der Waals surface area contributed by atoms with Crippen LogP contribution in [0.15, 0.2) is 48.5 Å². The molecule has 1 saturated heterocycles. The number of imidazole rings is 1. The Morgan fingerprint density at radius 3 is 2.61 bits per heavy atom. The Hall–Kier alpha value is -2.70. The number of carbonyl (C=O) groups excluding carboxylic acids is 1. The fraction of sp³-hybridized carbons (Fsp3) is 0.364. The summed E-state index contributed by atoms with van der Waals surface area (Å²) in [5.41, 5.74) is 3.38. The molecule has 28 heavy (non-hydrogen) atoms. The van der Waals surface area contributed by atoms with Crippen LogP contribution in [-0.2, 0) is 6.54 Å². The first-order valence-electron chi connectivity index (χ1n) is 9.81. The van der Waals surface area contributed by atoms with Gasteiger partial charge in [0.05, 0.1) is 30.3 Å². The molecule has 2 N–H and O–H groups in total. The number of nitrogens with zero attached hydrogens (tertiary/aromatic N) is 3. The number of piperidine rings is 1. The second kappa shape index (κ2) is 8.12. The van der Waals surface area contributed by atoms with E-state index in [0.29, 0.717) is 18.7 Å². The van der Waals surface area contributed by atoms with Gasteiger partial charge in [0.25, 0.3) is 5.91 Å². The van der Waals surface area contributed by atoms with E-state index in [1.165, 1.54) is 0 Å². The highest BCUT2D eigenvalue weighted by molar-refractivity contribution is 5.95. The third-order valence-corrected chi connectivity index (χ3v) is 5.47. The molecular formula is C22H25N3O3. The van der Waals surface area contributed by atoms with Gasteiger partial charge in [-0.15, -0.1) is 0 Å². The van der Waals surface area contributed by atoms with Gasteiger partial charge in [-0.3, -0.25) is 4.79 Å². The Labute approximate surface area is 164 Å². The lowest BCUT2D eigenvalue weighted by molar-refractivity contribution is 0.0503. The Kier molecular flexibility index (Phi) is 5.41. The predicted octanol–water partition coefficient (Wildman–Crippen LogP) is 2.68. The van der Waals surface area contributed by atoms with E-state index in [-0.39, 0.29) is 25.2 Å². The maximum atomic E-state index is 12.9. The molecule has 1 aliphatic heterocycles. The van der Waals surface area contributed by atoms with Crippen LogP contribution in [0, 0.1) is 0 Å². The van der Waals surface area contributed by atoms with Crippen molar-refractivity contribution in [3.8, 4) is 11.4 Å². The summed E-state index contributed by atoms with van der Waals surface area (Å²) in [5.74, 6) is 0.745. The molecule has 1 amide bonds. The number of aliphatic hydroxyl groups is 2. The molecule has 0 spiro atoms. The van der Waals surface area contributed by atoms with Gasteiger partial charge in [-0.2, -0.15) is 0 Å². The van der Waals surface area contributed by atoms with Gasteiger partial charge in [0.1, 0.15) is 5.82 Å². The first-order valence-corrected chi connectivity index (χ1v) is 9.81. The number of aliphatic hydroxyl groups excluding tert-OH is 2. The van der Waals surface area contributed by atoms with Crippen LogP contribution in [0.2, 0.25) is 0 Å². The molecule has 1 fully saturated rings. The molecule has 3 aromatic rings. The molecule has 1 aliphatic rings. The molecule has 1 atom stereocenters. The summed E-state index contributed by atoms with van der Waals surface area (Å²) >= 11 is 0. The number of amides is 1. The summed E-state index contributed by atoms with van der Waals surface area (Å²) in [6, 6.07) is 15.2. The topological polar surface area (TPSA) is 78.6 Å². The van der Waals surface area contributed by atoms with Crippen LogP contribution in [-0.4, -0.2) is 56.4 Å². The summed E-state index contributed by atoms with van der Waals surface area (Å²) in [5, 5.41) is 19.0. The lowest BCUT2D eigenvalue weighted by Gasteiger charge is -2.34. The summed E-state index contributed by atoms with van der Waals surface area (Å²) in [7, 11) is 0. The molecule has 146 valence electrons. The summed E-state index contributed by atoms with van der Waals surface area (Å²) in [4.78, 5) is 19.4. The lowest BCUT2D eigenvalue weighted by atomic mass is 10.0. The number of hydrogen-bond acceptors (Lipinski definition) is 4. The fourth-order valence-corrected chi connectivity index (χ4v) is 4.01. The third kappa shape index (κ3) is 3.41. The average molecular weight is 379 g/mol. The van der Waals surface area contributed by atoms with Crippen molar-refractivity contribution >= 4 is 16.9 Å². The van der Waals surface area contributed by atoms with Crippen molar-refractivity contribution in [2.45, 2.75) is 31.8 Å². The molecule has 6 nitrogen and oxygen atoms in total. The van der Waals surface area contributed by atoms with Gasteiger partial charge in [-0.1, -0.05) is 24.3 Å². The smallest absolute Gasteiger partial charge is 0.254 e. The molecule has 0 radical (unpaired) electrons. The largest absolute Gasteiger partial charge is 0.395 e. The summed E-state index contributed by atoms with van der Waals surface area (Å²) < 4.78 is 2.00. The van der Waals surface area contributed by atoms with E-state index >= 15 is 0 Å². The minimum Gasteiger partial charge on any atom is -0.395 e. The number of carbonyl (C=O) groups is 1. The van der Waals surface area contributed by atoms with Crippen molar-refractivity contribution in [2.75, 3.05) is 19.8 Å². The minimum atomic E-state index is -0.0883. The third-order valence-electron chi connectivity index (χ3n) is 5.47. The SMILES string of the molecule is O=C(c1ccc(-c2nc3ccccc3n2CCO)cc1)N1CCCCC1CO. The van der Waals surface area contributed by atoms with E-state index in [4.69, 9.17) is 4.98 Å². The molecular weight excluding hydrogens is 354 g/mol. The Morgan fingerprint density at radius 2 is 1.86 bits per heavy atom. The van der Waals surface area contributed by atoms with Crippen molar-refractivity contribution in [1.29, 1.82) is 0 Å². The van der Waals surface area contributed by atoms with Crippen LogP contribution in [0.1, 0.15) is 29.6 Å². The molecule has 0 saturated carbocycles. The number of rotatable bonds is 5. The van der Waals surface area contributed by atoms with Crippen LogP contribution in [0.25, 0.3) is 22.4 Å². The van der Waals surface area contributed by atoms with Crippen LogP contribution in [0.3, 0.4) is 0 Å². The lowest BCUT2D eigenvalue weighted by Crippen LogP contribution is -2.45. The van der Waals surface area contributed by atoms with Crippen molar-refractivity contribution < 1.29 is 15.0 Å². The quantitative estimate of drug-likeness (QED) is 0.714. The molecule has 1 aromatic heterocycles. The van der Waals surface area contributed by atoms with Crippen LogP contribution in [0.4, 0.5) is 0 Å². The number of para-hydroxylation sites is 2. The highest BCUT2D eigenvalue weighted by Crippen LogP contribution is 2.26. The van der Waals surface area contributed by atoms with Gasteiger partial charge < -0.3 is 19.7 Å². The van der Waals surface area contributed by atoms with Crippen LogP contribution >= 0.6 is 0 Å². The Morgan fingerprint density at radius 1 is 1.07 bits per heavy atom. The standard InChI is InChI=1S/C22H25N3O3/c26-14-13-25-20-7-2-1-6-19(20)23-21(25)16-8-10-17(11-9-16)22(28)24-12-4-3-5-18(24)15-27/h1-2,6-11,18,26-27H,3-5,12-15H2. The van der Waals surface area contributed by atoms with Crippen molar-refractivity contribution in [2.24, 2.45) is 0 Å². The van der Waals surface area contributed by atoms with Crippen molar-refractivity contribution in [3.05, 3.63) is 54.1 Å². The summed E-state index contributed by atoms with van der Waals surface area (Å²) in [6.07, 6.45) is 2.88. The van der Waals surface area contributed by atoms with E-state index < -0.39 is 0 Å². The zero-order chi connectivity index (χ0) is 19.5. The number of aromatic nitrogens is 2. The second-order valence-corrected chi connectivity index (χ2v) is 7.21. The van der Waals surface area contributed by atoms with E-state index in [1.807, 2.05) is 53.1 Å². The molecule has 0 aliphatic carbocycles. The molecule has 2 aromatic carbocycles. The number of hydrogen-bond donors (Lipinski definition) is 2. The van der Waals surface area contributed by atoms with Gasteiger partial charge in [-0.25, -0.2) is 4.98 Å². The van der Waals surface area contributed by atoms with Crippen LogP contribution in [0.5, 0.6) is 0 Å². The second-order valence-electron chi connectivity index (χ2n) is 7.21. The Balaban J connectivity index is 1.64. The molecule has 1 unspecified atom stereocenters. The Bertz CT molecular complexity index is 965. The highest BCUT2D eigenvalue weighted by Gasteiger charge is 2.26. The number of benzene rings is 2. The number of fused-ring (bicyclic) bond motifs is 1. The maximum absolute atomic E-state index is 12.9. The molecule has 4 rings (SSSR count). The van der Waals surface area contributed by atoms with E-state index in [9.17, 15) is 15.0 Å².